The number of thiocarbonyl (C=S) groups is 1. The van der Waals surface area contributed by atoms with Crippen molar-refractivity contribution in [1.29, 1.82) is 0 Å². The number of benzene rings is 1. The first-order valence-corrected chi connectivity index (χ1v) is 8.04. The van der Waals surface area contributed by atoms with Crippen LogP contribution in [0.3, 0.4) is 0 Å². The van der Waals surface area contributed by atoms with E-state index < -0.39 is 0 Å². The molecule has 124 valence electrons. The van der Waals surface area contributed by atoms with Crippen molar-refractivity contribution in [3.8, 4) is 0 Å². The molecule has 1 aromatic carbocycles. The van der Waals surface area contributed by atoms with Gasteiger partial charge in [0.2, 0.25) is 0 Å². The number of hydrogen-bond acceptors (Lipinski definition) is 3. The zero-order valence-corrected chi connectivity index (χ0v) is 15.2. The van der Waals surface area contributed by atoms with Gasteiger partial charge in [-0.05, 0) is 35.2 Å². The van der Waals surface area contributed by atoms with E-state index in [1.54, 1.807) is 14.2 Å². The maximum atomic E-state index is 5.41. The Morgan fingerprint density at radius 1 is 1.05 bits per heavy atom. The molecule has 0 spiro atoms. The van der Waals surface area contributed by atoms with E-state index in [0.29, 0.717) is 23.5 Å². The summed E-state index contributed by atoms with van der Waals surface area (Å²) in [7, 11) is 3.22. The van der Waals surface area contributed by atoms with E-state index >= 15 is 0 Å². The zero-order valence-electron chi connectivity index (χ0n) is 14.4. The molecule has 0 aliphatic heterocycles. The lowest BCUT2D eigenvalue weighted by Gasteiger charge is -2.22. The SMILES string of the molecule is COC(CNC(=S)Nc1c(C(C)C)cccc1C(C)C)OC. The van der Waals surface area contributed by atoms with Crippen molar-refractivity contribution >= 4 is 23.0 Å². The molecule has 0 aliphatic carbocycles. The van der Waals surface area contributed by atoms with Crippen molar-refractivity contribution in [2.24, 2.45) is 0 Å². The fourth-order valence-electron chi connectivity index (χ4n) is 2.29. The minimum atomic E-state index is -0.315. The first kappa shape index (κ1) is 18.9. The lowest BCUT2D eigenvalue weighted by molar-refractivity contribution is -0.0964. The average molecular weight is 324 g/mol. The molecule has 0 aromatic heterocycles. The van der Waals surface area contributed by atoms with E-state index in [1.807, 2.05) is 0 Å². The van der Waals surface area contributed by atoms with E-state index in [0.717, 1.165) is 5.69 Å². The van der Waals surface area contributed by atoms with Gasteiger partial charge in [-0.1, -0.05) is 45.9 Å². The minimum absolute atomic E-state index is 0.315. The minimum Gasteiger partial charge on any atom is -0.357 e. The molecule has 0 radical (unpaired) electrons. The highest BCUT2D eigenvalue weighted by Crippen LogP contribution is 2.32. The molecule has 1 aromatic rings. The Labute approximate surface area is 139 Å². The highest BCUT2D eigenvalue weighted by Gasteiger charge is 2.15. The molecule has 5 heteroatoms. The highest BCUT2D eigenvalue weighted by molar-refractivity contribution is 7.80. The molecular formula is C17H28N2O2S. The molecule has 0 fully saturated rings. The average Bonchev–Trinajstić information content (AvgIpc) is 2.47. The summed E-state index contributed by atoms with van der Waals surface area (Å²) < 4.78 is 10.3. The van der Waals surface area contributed by atoms with E-state index in [2.05, 4.69) is 56.5 Å². The van der Waals surface area contributed by atoms with Gasteiger partial charge in [0.15, 0.2) is 11.4 Å². The van der Waals surface area contributed by atoms with Gasteiger partial charge in [-0.15, -0.1) is 0 Å². The van der Waals surface area contributed by atoms with Gasteiger partial charge in [0.05, 0.1) is 6.54 Å². The predicted molar refractivity (Wildman–Crippen MR) is 96.6 cm³/mol. The second-order valence-corrected chi connectivity index (χ2v) is 6.27. The number of rotatable bonds is 7. The Kier molecular flexibility index (Phi) is 7.79. The summed E-state index contributed by atoms with van der Waals surface area (Å²) in [5, 5.41) is 7.07. The van der Waals surface area contributed by atoms with Crippen LogP contribution in [-0.4, -0.2) is 32.2 Å². The van der Waals surface area contributed by atoms with Crippen LogP contribution in [0.15, 0.2) is 18.2 Å². The number of hydrogen-bond donors (Lipinski definition) is 2. The summed E-state index contributed by atoms with van der Waals surface area (Å²) in [4.78, 5) is 0. The van der Waals surface area contributed by atoms with Crippen LogP contribution in [0.1, 0.15) is 50.7 Å². The summed E-state index contributed by atoms with van der Waals surface area (Å²) in [5.74, 6) is 0.851. The molecule has 0 saturated carbocycles. The van der Waals surface area contributed by atoms with Gasteiger partial charge in [0.1, 0.15) is 0 Å². The third kappa shape index (κ3) is 5.23. The van der Waals surface area contributed by atoms with Gasteiger partial charge in [-0.3, -0.25) is 0 Å². The van der Waals surface area contributed by atoms with Crippen LogP contribution in [0.25, 0.3) is 0 Å². The number of para-hydroxylation sites is 1. The molecule has 0 bridgehead atoms. The van der Waals surface area contributed by atoms with E-state index in [4.69, 9.17) is 21.7 Å². The van der Waals surface area contributed by atoms with Crippen molar-refractivity contribution in [2.75, 3.05) is 26.1 Å². The summed E-state index contributed by atoms with van der Waals surface area (Å²) in [5.41, 5.74) is 3.65. The van der Waals surface area contributed by atoms with Crippen LogP contribution >= 0.6 is 12.2 Å². The van der Waals surface area contributed by atoms with Crippen LogP contribution in [-0.2, 0) is 9.47 Å². The number of anilines is 1. The van der Waals surface area contributed by atoms with Crippen molar-refractivity contribution in [2.45, 2.75) is 45.8 Å². The second-order valence-electron chi connectivity index (χ2n) is 5.86. The van der Waals surface area contributed by atoms with Crippen LogP contribution < -0.4 is 10.6 Å². The molecule has 4 nitrogen and oxygen atoms in total. The van der Waals surface area contributed by atoms with E-state index in [-0.39, 0.29) is 6.29 Å². The van der Waals surface area contributed by atoms with Crippen molar-refractivity contribution in [3.05, 3.63) is 29.3 Å². The quantitative estimate of drug-likeness (QED) is 0.589. The molecular weight excluding hydrogens is 296 g/mol. The number of ether oxygens (including phenoxy) is 2. The monoisotopic (exact) mass is 324 g/mol. The summed E-state index contributed by atoms with van der Waals surface area (Å²) in [6.07, 6.45) is -0.315. The van der Waals surface area contributed by atoms with Crippen LogP contribution in [0.4, 0.5) is 5.69 Å². The Bertz CT molecular complexity index is 459. The lowest BCUT2D eigenvalue weighted by atomic mass is 9.93. The Morgan fingerprint density at radius 3 is 1.95 bits per heavy atom. The Balaban J connectivity index is 2.89. The van der Waals surface area contributed by atoms with Crippen LogP contribution in [0, 0.1) is 0 Å². The normalized spacial score (nSPS) is 11.3. The number of nitrogens with one attached hydrogen (secondary N) is 2. The standard InChI is InChI=1S/C17H28N2O2S/c1-11(2)13-8-7-9-14(12(3)4)16(13)19-17(22)18-10-15(20-5)21-6/h7-9,11-12,15H,10H2,1-6H3,(H2,18,19,22). The fourth-order valence-corrected chi connectivity index (χ4v) is 2.48. The molecule has 0 unspecified atom stereocenters. The smallest absolute Gasteiger partial charge is 0.174 e. The van der Waals surface area contributed by atoms with Crippen LogP contribution in [0.2, 0.25) is 0 Å². The Morgan fingerprint density at radius 2 is 1.55 bits per heavy atom. The predicted octanol–water partition coefficient (Wildman–Crippen LogP) is 3.84. The lowest BCUT2D eigenvalue weighted by Crippen LogP contribution is -2.37. The molecule has 0 aliphatic rings. The molecule has 0 saturated heterocycles. The van der Waals surface area contributed by atoms with Gasteiger partial charge in [0.25, 0.3) is 0 Å². The molecule has 22 heavy (non-hydrogen) atoms. The van der Waals surface area contributed by atoms with Crippen molar-refractivity contribution in [3.63, 3.8) is 0 Å². The largest absolute Gasteiger partial charge is 0.357 e. The molecule has 2 N–H and O–H groups in total. The second kappa shape index (κ2) is 9.08. The van der Waals surface area contributed by atoms with E-state index in [9.17, 15) is 0 Å². The fraction of sp³-hybridized carbons (Fsp3) is 0.588. The first-order chi connectivity index (χ1) is 10.4. The molecule has 0 heterocycles. The Hall–Kier alpha value is -1.17. The topological polar surface area (TPSA) is 42.5 Å². The maximum Gasteiger partial charge on any atom is 0.174 e. The molecule has 0 atom stereocenters. The number of methoxy groups -OCH3 is 2. The maximum absolute atomic E-state index is 5.41. The zero-order chi connectivity index (χ0) is 16.7. The first-order valence-electron chi connectivity index (χ1n) is 7.63. The third-order valence-electron chi connectivity index (χ3n) is 3.57. The molecule has 0 amide bonds. The van der Waals surface area contributed by atoms with Gasteiger partial charge in [-0.25, -0.2) is 0 Å². The van der Waals surface area contributed by atoms with Crippen molar-refractivity contribution in [1.82, 2.24) is 5.32 Å². The summed E-state index contributed by atoms with van der Waals surface area (Å²) in [6, 6.07) is 6.40. The van der Waals surface area contributed by atoms with Gasteiger partial charge in [0, 0.05) is 19.9 Å². The van der Waals surface area contributed by atoms with Gasteiger partial charge in [-0.2, -0.15) is 0 Å². The van der Waals surface area contributed by atoms with E-state index in [1.165, 1.54) is 11.1 Å². The summed E-state index contributed by atoms with van der Waals surface area (Å²) in [6.45, 7) is 9.25. The van der Waals surface area contributed by atoms with Crippen LogP contribution in [0.5, 0.6) is 0 Å². The van der Waals surface area contributed by atoms with Crippen molar-refractivity contribution < 1.29 is 9.47 Å². The highest BCUT2D eigenvalue weighted by atomic mass is 32.1. The van der Waals surface area contributed by atoms with Gasteiger partial charge < -0.3 is 20.1 Å². The molecule has 1 rings (SSSR count). The van der Waals surface area contributed by atoms with Gasteiger partial charge >= 0.3 is 0 Å². The third-order valence-corrected chi connectivity index (χ3v) is 3.81. The summed E-state index contributed by atoms with van der Waals surface area (Å²) >= 11 is 5.41.